The summed E-state index contributed by atoms with van der Waals surface area (Å²) in [6.07, 6.45) is 3.40. The summed E-state index contributed by atoms with van der Waals surface area (Å²) < 4.78 is 18.1. The second-order valence-corrected chi connectivity index (χ2v) is 10.5. The van der Waals surface area contributed by atoms with Gasteiger partial charge >= 0.3 is 5.97 Å². The van der Waals surface area contributed by atoms with Crippen molar-refractivity contribution in [1.82, 2.24) is 15.0 Å². The molecule has 7 nitrogen and oxygen atoms in total. The van der Waals surface area contributed by atoms with E-state index in [2.05, 4.69) is 20.3 Å². The lowest BCUT2D eigenvalue weighted by atomic mass is 9.97. The number of nitrogens with zero attached hydrogens (tertiary/aromatic N) is 3. The van der Waals surface area contributed by atoms with Crippen molar-refractivity contribution in [2.24, 2.45) is 5.41 Å². The van der Waals surface area contributed by atoms with Gasteiger partial charge in [0.2, 0.25) is 5.95 Å². The molecule has 9 heteroatoms. The highest BCUT2D eigenvalue weighted by Gasteiger charge is 2.23. The molecule has 0 saturated heterocycles. The summed E-state index contributed by atoms with van der Waals surface area (Å²) in [6, 6.07) is 11.2. The van der Waals surface area contributed by atoms with Crippen LogP contribution in [-0.4, -0.2) is 31.4 Å². The van der Waals surface area contributed by atoms with Crippen molar-refractivity contribution in [3.63, 3.8) is 0 Å². The molecule has 160 valence electrons. The molecule has 0 saturated carbocycles. The Morgan fingerprint density at radius 3 is 2.74 bits per heavy atom. The number of carbonyl (C=O) groups excluding carboxylic acids is 1. The molecule has 0 aliphatic heterocycles. The number of esters is 1. The highest BCUT2D eigenvalue weighted by Crippen LogP contribution is 2.30. The van der Waals surface area contributed by atoms with Gasteiger partial charge in [-0.1, -0.05) is 6.07 Å². The molecule has 0 aliphatic rings. The first-order valence-electron chi connectivity index (χ1n) is 9.63. The van der Waals surface area contributed by atoms with Crippen LogP contribution in [0.1, 0.15) is 25.8 Å². The third-order valence-corrected chi connectivity index (χ3v) is 6.48. The summed E-state index contributed by atoms with van der Waals surface area (Å²) in [5.41, 5.74) is 1.78. The highest BCUT2D eigenvalue weighted by molar-refractivity contribution is 7.84. The maximum absolute atomic E-state index is 12.1. The number of hydrogen-bond donors (Lipinski definition) is 1. The van der Waals surface area contributed by atoms with Crippen LogP contribution in [-0.2, 0) is 26.9 Å². The number of carbonyl (C=O) groups is 1. The SMILES string of the molecule is CS(=O)c1cccc(Nc2ncc3ccc4nc(COC(=O)C(C)(C)C)sc4c3n2)c1. The molecule has 1 atom stereocenters. The number of nitrogens with one attached hydrogen (secondary N) is 1. The number of thiazole rings is 1. The van der Waals surface area contributed by atoms with E-state index in [4.69, 9.17) is 4.74 Å². The average molecular weight is 455 g/mol. The van der Waals surface area contributed by atoms with Crippen LogP contribution in [0.2, 0.25) is 0 Å². The van der Waals surface area contributed by atoms with Crippen LogP contribution in [0.15, 0.2) is 47.5 Å². The molecule has 0 spiro atoms. The molecule has 4 aromatic rings. The van der Waals surface area contributed by atoms with Gasteiger partial charge in [-0.05, 0) is 51.1 Å². The van der Waals surface area contributed by atoms with Gasteiger partial charge in [0.05, 0.1) is 21.1 Å². The van der Waals surface area contributed by atoms with Gasteiger partial charge in [0.25, 0.3) is 0 Å². The van der Waals surface area contributed by atoms with E-state index in [9.17, 15) is 9.00 Å². The standard InChI is InChI=1S/C22H22N4O3S2/c1-22(2,3)20(27)29-12-17-25-16-9-8-13-11-23-21(26-18(13)19(16)30-17)24-14-6-5-7-15(10-14)31(4)28/h5-11H,12H2,1-4H3,(H,23,24,26). The second kappa shape index (κ2) is 8.32. The molecule has 0 amide bonds. The number of fused-ring (bicyclic) bond motifs is 3. The topological polar surface area (TPSA) is 94.1 Å². The van der Waals surface area contributed by atoms with Crippen molar-refractivity contribution in [1.29, 1.82) is 0 Å². The molecule has 1 N–H and O–H groups in total. The summed E-state index contributed by atoms with van der Waals surface area (Å²) in [4.78, 5) is 26.5. The highest BCUT2D eigenvalue weighted by atomic mass is 32.2. The van der Waals surface area contributed by atoms with Crippen LogP contribution in [0.4, 0.5) is 11.6 Å². The Morgan fingerprint density at radius 2 is 2.00 bits per heavy atom. The second-order valence-electron chi connectivity index (χ2n) is 8.09. The van der Waals surface area contributed by atoms with Gasteiger partial charge in [0.15, 0.2) is 0 Å². The van der Waals surface area contributed by atoms with Gasteiger partial charge in [-0.25, -0.2) is 15.0 Å². The fourth-order valence-electron chi connectivity index (χ4n) is 2.87. The van der Waals surface area contributed by atoms with Crippen molar-refractivity contribution in [2.45, 2.75) is 32.3 Å². The van der Waals surface area contributed by atoms with E-state index in [0.29, 0.717) is 11.0 Å². The largest absolute Gasteiger partial charge is 0.458 e. The van der Waals surface area contributed by atoms with Crippen LogP contribution in [0.25, 0.3) is 21.1 Å². The maximum atomic E-state index is 12.1. The number of rotatable bonds is 5. The first-order valence-corrected chi connectivity index (χ1v) is 12.0. The summed E-state index contributed by atoms with van der Waals surface area (Å²) in [5, 5.41) is 4.78. The Kier molecular flexibility index (Phi) is 5.72. The lowest BCUT2D eigenvalue weighted by molar-refractivity contribution is -0.154. The van der Waals surface area contributed by atoms with Crippen LogP contribution < -0.4 is 5.32 Å². The van der Waals surface area contributed by atoms with Crippen molar-refractivity contribution >= 4 is 60.9 Å². The van der Waals surface area contributed by atoms with Crippen molar-refractivity contribution in [3.8, 4) is 0 Å². The number of anilines is 2. The molecule has 4 rings (SSSR count). The van der Waals surface area contributed by atoms with Gasteiger partial charge in [0, 0.05) is 39.2 Å². The van der Waals surface area contributed by atoms with Crippen LogP contribution in [0, 0.1) is 5.41 Å². The maximum Gasteiger partial charge on any atom is 0.311 e. The Balaban J connectivity index is 1.64. The van der Waals surface area contributed by atoms with E-state index in [1.54, 1.807) is 12.5 Å². The molecular formula is C22H22N4O3S2. The normalized spacial score (nSPS) is 12.8. The fourth-order valence-corrected chi connectivity index (χ4v) is 4.41. The Labute approximate surface area is 186 Å². The molecular weight excluding hydrogens is 432 g/mol. The average Bonchev–Trinajstić information content (AvgIpc) is 3.15. The zero-order valence-corrected chi connectivity index (χ0v) is 19.3. The van der Waals surface area contributed by atoms with Gasteiger partial charge in [-0.3, -0.25) is 9.00 Å². The predicted octanol–water partition coefficient (Wildman–Crippen LogP) is 4.81. The number of benzene rings is 2. The molecule has 0 radical (unpaired) electrons. The minimum atomic E-state index is -1.07. The zero-order chi connectivity index (χ0) is 22.2. The first kappa shape index (κ1) is 21.3. The third-order valence-electron chi connectivity index (χ3n) is 4.51. The molecule has 1 unspecified atom stereocenters. The molecule has 31 heavy (non-hydrogen) atoms. The lowest BCUT2D eigenvalue weighted by Gasteiger charge is -2.15. The monoisotopic (exact) mass is 454 g/mol. The molecule has 2 aromatic heterocycles. The van der Waals surface area contributed by atoms with Gasteiger partial charge < -0.3 is 10.1 Å². The number of ether oxygens (including phenoxy) is 1. The summed E-state index contributed by atoms with van der Waals surface area (Å²) in [6.45, 7) is 5.59. The number of hydrogen-bond acceptors (Lipinski definition) is 8. The quantitative estimate of drug-likeness (QED) is 0.433. The first-order chi connectivity index (χ1) is 14.7. The fraction of sp³-hybridized carbons (Fsp3) is 0.273. The zero-order valence-electron chi connectivity index (χ0n) is 17.6. The number of aromatic nitrogens is 3. The smallest absolute Gasteiger partial charge is 0.311 e. The molecule has 0 bridgehead atoms. The minimum Gasteiger partial charge on any atom is -0.458 e. The lowest BCUT2D eigenvalue weighted by Crippen LogP contribution is -2.22. The summed E-state index contributed by atoms with van der Waals surface area (Å²) in [5.74, 6) is 0.175. The van der Waals surface area contributed by atoms with Crippen LogP contribution >= 0.6 is 11.3 Å². The molecule has 2 aromatic carbocycles. The van der Waals surface area contributed by atoms with E-state index in [1.165, 1.54) is 11.3 Å². The van der Waals surface area contributed by atoms with E-state index < -0.39 is 16.2 Å². The summed E-state index contributed by atoms with van der Waals surface area (Å²) >= 11 is 1.45. The summed E-state index contributed by atoms with van der Waals surface area (Å²) in [7, 11) is -1.07. The van der Waals surface area contributed by atoms with Crippen LogP contribution in [0.3, 0.4) is 0 Å². The molecule has 2 heterocycles. The Bertz CT molecular complexity index is 1310. The third kappa shape index (κ3) is 4.72. The van der Waals surface area contributed by atoms with Crippen molar-refractivity contribution in [3.05, 3.63) is 47.6 Å². The van der Waals surface area contributed by atoms with Gasteiger partial charge in [0.1, 0.15) is 11.6 Å². The van der Waals surface area contributed by atoms with Crippen molar-refractivity contribution < 1.29 is 13.7 Å². The van der Waals surface area contributed by atoms with Crippen molar-refractivity contribution in [2.75, 3.05) is 11.6 Å². The van der Waals surface area contributed by atoms with E-state index in [0.717, 1.165) is 31.7 Å². The van der Waals surface area contributed by atoms with E-state index >= 15 is 0 Å². The van der Waals surface area contributed by atoms with E-state index in [1.807, 2.05) is 57.2 Å². The molecule has 0 aliphatic carbocycles. The van der Waals surface area contributed by atoms with Gasteiger partial charge in [-0.2, -0.15) is 0 Å². The Morgan fingerprint density at radius 1 is 1.19 bits per heavy atom. The van der Waals surface area contributed by atoms with E-state index in [-0.39, 0.29) is 12.6 Å². The van der Waals surface area contributed by atoms with Crippen LogP contribution in [0.5, 0.6) is 0 Å². The predicted molar refractivity (Wildman–Crippen MR) is 124 cm³/mol. The minimum absolute atomic E-state index is 0.133. The Hall–Kier alpha value is -2.91. The molecule has 0 fully saturated rings. The van der Waals surface area contributed by atoms with Gasteiger partial charge in [-0.15, -0.1) is 11.3 Å².